The van der Waals surface area contributed by atoms with Gasteiger partial charge < -0.3 is 14.5 Å². The van der Waals surface area contributed by atoms with Crippen LogP contribution in [0.25, 0.3) is 10.9 Å². The van der Waals surface area contributed by atoms with Gasteiger partial charge >= 0.3 is 5.97 Å². The van der Waals surface area contributed by atoms with Crippen molar-refractivity contribution in [2.24, 2.45) is 0 Å². The molecule has 0 aliphatic carbocycles. The maximum absolute atomic E-state index is 12.2. The van der Waals surface area contributed by atoms with Gasteiger partial charge in [-0.15, -0.1) is 0 Å². The van der Waals surface area contributed by atoms with E-state index in [9.17, 15) is 9.59 Å². The number of H-pyrrole nitrogens is 1. The number of nitrogens with one attached hydrogen (secondary N) is 1. The van der Waals surface area contributed by atoms with Crippen molar-refractivity contribution in [2.75, 3.05) is 7.11 Å². The molecule has 1 heterocycles. The van der Waals surface area contributed by atoms with E-state index in [1.165, 1.54) is 0 Å². The third kappa shape index (κ3) is 3.85. The lowest BCUT2D eigenvalue weighted by Gasteiger charge is -2.13. The van der Waals surface area contributed by atoms with Gasteiger partial charge in [-0.1, -0.05) is 24.3 Å². The van der Waals surface area contributed by atoms with E-state index < -0.39 is 12.1 Å². The molecule has 3 aromatic rings. The third-order valence-electron chi connectivity index (χ3n) is 3.81. The Balaban J connectivity index is 1.74. The van der Waals surface area contributed by atoms with Gasteiger partial charge in [0.2, 0.25) is 0 Å². The van der Waals surface area contributed by atoms with Gasteiger partial charge in [0.05, 0.1) is 24.4 Å². The number of methoxy groups -OCH3 is 1. The first-order valence-electron chi connectivity index (χ1n) is 7.88. The van der Waals surface area contributed by atoms with Gasteiger partial charge in [-0.3, -0.25) is 9.59 Å². The summed E-state index contributed by atoms with van der Waals surface area (Å²) in [4.78, 5) is 31.3. The van der Waals surface area contributed by atoms with Crippen molar-refractivity contribution < 1.29 is 14.3 Å². The fourth-order valence-corrected chi connectivity index (χ4v) is 2.54. The van der Waals surface area contributed by atoms with Crippen molar-refractivity contribution in [3.05, 3.63) is 70.3 Å². The Kier molecular flexibility index (Phi) is 4.79. The van der Waals surface area contributed by atoms with E-state index in [1.54, 1.807) is 50.4 Å². The Hall–Kier alpha value is -3.15. The summed E-state index contributed by atoms with van der Waals surface area (Å²) in [6.07, 6.45) is -0.547. The summed E-state index contributed by atoms with van der Waals surface area (Å²) in [5, 5.41) is 0.501. The summed E-state index contributed by atoms with van der Waals surface area (Å²) in [6, 6.07) is 14.2. The monoisotopic (exact) mass is 338 g/mol. The van der Waals surface area contributed by atoms with Gasteiger partial charge in [0.1, 0.15) is 5.75 Å². The number of esters is 1. The zero-order valence-electron chi connectivity index (χ0n) is 14.0. The van der Waals surface area contributed by atoms with Crippen LogP contribution < -0.4 is 10.3 Å². The van der Waals surface area contributed by atoms with E-state index in [1.807, 2.05) is 12.1 Å². The van der Waals surface area contributed by atoms with Gasteiger partial charge in [0.15, 0.2) is 11.9 Å². The molecule has 0 unspecified atom stereocenters. The van der Waals surface area contributed by atoms with Crippen LogP contribution in [0.15, 0.2) is 53.3 Å². The van der Waals surface area contributed by atoms with Gasteiger partial charge in [-0.2, -0.15) is 0 Å². The SMILES string of the molecule is COc1cccc(CC(=O)O[C@H](C)c2nc3ccccc3c(=O)[nH]2)c1. The quantitative estimate of drug-likeness (QED) is 0.724. The number of aromatic nitrogens is 2. The highest BCUT2D eigenvalue weighted by atomic mass is 16.5. The highest BCUT2D eigenvalue weighted by Gasteiger charge is 2.16. The summed E-state index contributed by atoms with van der Waals surface area (Å²) < 4.78 is 10.5. The lowest BCUT2D eigenvalue weighted by Crippen LogP contribution is -2.18. The number of para-hydroxylation sites is 1. The van der Waals surface area contributed by atoms with E-state index in [2.05, 4.69) is 9.97 Å². The number of carbonyl (C=O) groups is 1. The van der Waals surface area contributed by atoms with E-state index in [0.717, 1.165) is 5.56 Å². The first kappa shape index (κ1) is 16.7. The molecule has 0 saturated carbocycles. The summed E-state index contributed by atoms with van der Waals surface area (Å²) in [7, 11) is 1.57. The predicted octanol–water partition coefficient (Wildman–Crippen LogP) is 2.78. The minimum atomic E-state index is -0.657. The third-order valence-corrected chi connectivity index (χ3v) is 3.81. The van der Waals surface area contributed by atoms with Crippen LogP contribution in [0.1, 0.15) is 24.4 Å². The van der Waals surface area contributed by atoms with Gasteiger partial charge in [-0.05, 0) is 36.8 Å². The highest BCUT2D eigenvalue weighted by molar-refractivity contribution is 5.77. The van der Waals surface area contributed by atoms with Crippen LogP contribution in [0.3, 0.4) is 0 Å². The van der Waals surface area contributed by atoms with Crippen molar-refractivity contribution >= 4 is 16.9 Å². The van der Waals surface area contributed by atoms with E-state index in [4.69, 9.17) is 9.47 Å². The van der Waals surface area contributed by atoms with Gasteiger partial charge in [-0.25, -0.2) is 4.98 Å². The Labute approximate surface area is 144 Å². The molecule has 0 fully saturated rings. The van der Waals surface area contributed by atoms with E-state index in [-0.39, 0.29) is 12.0 Å². The molecule has 0 amide bonds. The molecule has 0 bridgehead atoms. The fourth-order valence-electron chi connectivity index (χ4n) is 2.54. The summed E-state index contributed by atoms with van der Waals surface area (Å²) in [6.45, 7) is 1.68. The number of rotatable bonds is 5. The molecule has 1 atom stereocenters. The number of hydrogen-bond acceptors (Lipinski definition) is 5. The maximum atomic E-state index is 12.2. The molecular weight excluding hydrogens is 320 g/mol. The van der Waals surface area contributed by atoms with E-state index >= 15 is 0 Å². The number of aromatic amines is 1. The maximum Gasteiger partial charge on any atom is 0.310 e. The second kappa shape index (κ2) is 7.17. The van der Waals surface area contributed by atoms with Crippen molar-refractivity contribution in [2.45, 2.75) is 19.4 Å². The number of benzene rings is 2. The summed E-state index contributed by atoms with van der Waals surface area (Å²) in [5.41, 5.74) is 1.10. The minimum absolute atomic E-state index is 0.110. The smallest absolute Gasteiger partial charge is 0.310 e. The molecule has 1 aromatic heterocycles. The van der Waals surface area contributed by atoms with Gasteiger partial charge in [0.25, 0.3) is 5.56 Å². The van der Waals surface area contributed by atoms with Crippen LogP contribution in [-0.4, -0.2) is 23.0 Å². The number of nitrogens with zero attached hydrogens (tertiary/aromatic N) is 1. The molecule has 6 heteroatoms. The lowest BCUT2D eigenvalue weighted by atomic mass is 10.1. The number of carbonyl (C=O) groups excluding carboxylic acids is 1. The first-order chi connectivity index (χ1) is 12.1. The van der Waals surface area contributed by atoms with Crippen LogP contribution in [-0.2, 0) is 16.0 Å². The van der Waals surface area contributed by atoms with Crippen molar-refractivity contribution in [3.63, 3.8) is 0 Å². The molecule has 0 aliphatic rings. The average Bonchev–Trinajstić information content (AvgIpc) is 2.61. The van der Waals surface area contributed by atoms with Crippen LogP contribution >= 0.6 is 0 Å². The Morgan fingerprint density at radius 2 is 2.00 bits per heavy atom. The lowest BCUT2D eigenvalue weighted by molar-refractivity contribution is -0.148. The molecule has 6 nitrogen and oxygen atoms in total. The number of ether oxygens (including phenoxy) is 2. The fraction of sp³-hybridized carbons (Fsp3) is 0.211. The zero-order chi connectivity index (χ0) is 17.8. The second-order valence-electron chi connectivity index (χ2n) is 5.63. The zero-order valence-corrected chi connectivity index (χ0v) is 14.0. The van der Waals surface area contributed by atoms with Crippen LogP contribution in [0, 0.1) is 0 Å². The highest BCUT2D eigenvalue weighted by Crippen LogP contribution is 2.17. The van der Waals surface area contributed by atoms with Gasteiger partial charge in [0, 0.05) is 0 Å². The molecule has 3 rings (SSSR count). The molecule has 25 heavy (non-hydrogen) atoms. The molecule has 0 spiro atoms. The Morgan fingerprint density at radius 3 is 2.80 bits per heavy atom. The average molecular weight is 338 g/mol. The minimum Gasteiger partial charge on any atom is -0.497 e. The van der Waals surface area contributed by atoms with Crippen molar-refractivity contribution in [1.82, 2.24) is 9.97 Å². The molecule has 0 radical (unpaired) electrons. The van der Waals surface area contributed by atoms with E-state index in [0.29, 0.717) is 22.5 Å². The molecular formula is C19H18N2O4. The van der Waals surface area contributed by atoms with Crippen LogP contribution in [0.5, 0.6) is 5.75 Å². The van der Waals surface area contributed by atoms with Crippen molar-refractivity contribution in [3.8, 4) is 5.75 Å². The summed E-state index contributed by atoms with van der Waals surface area (Å²) >= 11 is 0. The number of hydrogen-bond donors (Lipinski definition) is 1. The predicted molar refractivity (Wildman–Crippen MR) is 93.6 cm³/mol. The molecule has 2 aromatic carbocycles. The number of fused-ring (bicyclic) bond motifs is 1. The normalized spacial score (nSPS) is 11.9. The molecule has 0 aliphatic heterocycles. The molecule has 1 N–H and O–H groups in total. The van der Waals surface area contributed by atoms with Crippen molar-refractivity contribution in [1.29, 1.82) is 0 Å². The largest absolute Gasteiger partial charge is 0.497 e. The standard InChI is InChI=1S/C19H18N2O4/c1-12(18-20-16-9-4-3-8-15(16)19(23)21-18)25-17(22)11-13-6-5-7-14(10-13)24-2/h3-10,12H,11H2,1-2H3,(H,20,21,23)/t12-/m1/s1. The molecule has 0 saturated heterocycles. The Morgan fingerprint density at radius 1 is 1.20 bits per heavy atom. The Bertz CT molecular complexity index is 965. The second-order valence-corrected chi connectivity index (χ2v) is 5.63. The topological polar surface area (TPSA) is 81.3 Å². The summed E-state index contributed by atoms with van der Waals surface area (Å²) in [5.74, 6) is 0.595. The molecule has 128 valence electrons. The van der Waals surface area contributed by atoms with Crippen LogP contribution in [0.2, 0.25) is 0 Å². The first-order valence-corrected chi connectivity index (χ1v) is 7.88. The van der Waals surface area contributed by atoms with Crippen LogP contribution in [0.4, 0.5) is 0 Å².